The van der Waals surface area contributed by atoms with Crippen LogP contribution in [-0.2, 0) is 4.74 Å². The third-order valence-corrected chi connectivity index (χ3v) is 3.24. The average molecular weight is 222 g/mol. The Morgan fingerprint density at radius 1 is 1.44 bits per heavy atom. The van der Waals surface area contributed by atoms with Gasteiger partial charge < -0.3 is 10.1 Å². The molecule has 0 aliphatic carbocycles. The van der Waals surface area contributed by atoms with Crippen LogP contribution < -0.4 is 5.32 Å². The van der Waals surface area contributed by atoms with Crippen molar-refractivity contribution in [2.75, 3.05) is 13.1 Å². The third kappa shape index (κ3) is 3.08. The Bertz CT molecular complexity index is 288. The SMILES string of the molecule is CC(C)C1=NC=C(OC2CCCNC2)CC1. The summed E-state index contributed by atoms with van der Waals surface area (Å²) in [5.74, 6) is 1.63. The average Bonchev–Trinajstić information content (AvgIpc) is 2.31. The summed E-state index contributed by atoms with van der Waals surface area (Å²) < 4.78 is 5.95. The Kier molecular flexibility index (Phi) is 3.99. The van der Waals surface area contributed by atoms with E-state index in [1.165, 1.54) is 18.6 Å². The number of hydrogen-bond acceptors (Lipinski definition) is 3. The van der Waals surface area contributed by atoms with Gasteiger partial charge in [0, 0.05) is 18.7 Å². The lowest BCUT2D eigenvalue weighted by Gasteiger charge is -2.26. The molecule has 1 fully saturated rings. The molecule has 0 spiro atoms. The Balaban J connectivity index is 1.86. The summed E-state index contributed by atoms with van der Waals surface area (Å²) in [4.78, 5) is 4.49. The maximum absolute atomic E-state index is 5.95. The molecular formula is C13H22N2O. The molecule has 0 aromatic heterocycles. The highest BCUT2D eigenvalue weighted by molar-refractivity contribution is 5.87. The molecule has 2 rings (SSSR count). The zero-order chi connectivity index (χ0) is 11.4. The van der Waals surface area contributed by atoms with E-state index in [2.05, 4.69) is 24.2 Å². The molecule has 2 aliphatic rings. The number of nitrogens with one attached hydrogen (secondary N) is 1. The second-order valence-electron chi connectivity index (χ2n) is 4.96. The van der Waals surface area contributed by atoms with Gasteiger partial charge in [-0.1, -0.05) is 13.8 Å². The van der Waals surface area contributed by atoms with Crippen LogP contribution in [0.25, 0.3) is 0 Å². The molecule has 0 bridgehead atoms. The molecule has 90 valence electrons. The Morgan fingerprint density at radius 3 is 2.88 bits per heavy atom. The first-order chi connectivity index (χ1) is 7.75. The highest BCUT2D eigenvalue weighted by atomic mass is 16.5. The first kappa shape index (κ1) is 11.6. The predicted molar refractivity (Wildman–Crippen MR) is 66.6 cm³/mol. The lowest BCUT2D eigenvalue weighted by atomic mass is 10.0. The molecule has 3 heteroatoms. The maximum atomic E-state index is 5.95. The lowest BCUT2D eigenvalue weighted by molar-refractivity contribution is 0.0864. The van der Waals surface area contributed by atoms with Crippen LogP contribution in [0.2, 0.25) is 0 Å². The highest BCUT2D eigenvalue weighted by Gasteiger charge is 2.18. The molecule has 0 saturated carbocycles. The number of rotatable bonds is 3. The van der Waals surface area contributed by atoms with Gasteiger partial charge in [-0.3, -0.25) is 4.99 Å². The predicted octanol–water partition coefficient (Wildman–Crippen LogP) is 2.49. The van der Waals surface area contributed by atoms with E-state index in [0.29, 0.717) is 12.0 Å². The standard InChI is InChI=1S/C13H22N2O/c1-10(2)13-6-5-12(9-15-13)16-11-4-3-7-14-8-11/h9-11,14H,3-8H2,1-2H3. The van der Waals surface area contributed by atoms with E-state index in [9.17, 15) is 0 Å². The molecule has 1 N–H and O–H groups in total. The number of ether oxygens (including phenoxy) is 1. The van der Waals surface area contributed by atoms with Crippen molar-refractivity contribution in [1.29, 1.82) is 0 Å². The molecule has 0 radical (unpaired) electrons. The molecule has 1 saturated heterocycles. The number of aliphatic imine (C=N–C) groups is 1. The topological polar surface area (TPSA) is 33.6 Å². The number of nitrogens with zero attached hydrogens (tertiary/aromatic N) is 1. The zero-order valence-corrected chi connectivity index (χ0v) is 10.3. The van der Waals surface area contributed by atoms with Crippen LogP contribution in [0.4, 0.5) is 0 Å². The number of piperidine rings is 1. The van der Waals surface area contributed by atoms with Crippen molar-refractivity contribution < 1.29 is 4.74 Å². The van der Waals surface area contributed by atoms with Gasteiger partial charge in [0.25, 0.3) is 0 Å². The van der Waals surface area contributed by atoms with E-state index in [1.54, 1.807) is 0 Å². The second-order valence-corrected chi connectivity index (χ2v) is 4.96. The van der Waals surface area contributed by atoms with E-state index in [1.807, 2.05) is 6.20 Å². The summed E-state index contributed by atoms with van der Waals surface area (Å²) in [5.41, 5.74) is 1.30. The fourth-order valence-corrected chi connectivity index (χ4v) is 2.20. The summed E-state index contributed by atoms with van der Waals surface area (Å²) in [5, 5.41) is 3.36. The lowest BCUT2D eigenvalue weighted by Crippen LogP contribution is -2.35. The second kappa shape index (κ2) is 5.48. The molecule has 2 heterocycles. The minimum Gasteiger partial charge on any atom is -0.492 e. The minimum atomic E-state index is 0.357. The Hall–Kier alpha value is -0.830. The molecule has 0 aromatic carbocycles. The molecule has 0 aromatic rings. The molecule has 0 amide bonds. The van der Waals surface area contributed by atoms with Gasteiger partial charge in [0.05, 0.1) is 6.20 Å². The van der Waals surface area contributed by atoms with Crippen molar-refractivity contribution >= 4 is 5.71 Å². The molecular weight excluding hydrogens is 200 g/mol. The quantitative estimate of drug-likeness (QED) is 0.796. The van der Waals surface area contributed by atoms with Crippen LogP contribution in [0.5, 0.6) is 0 Å². The van der Waals surface area contributed by atoms with E-state index in [4.69, 9.17) is 4.74 Å². The summed E-state index contributed by atoms with van der Waals surface area (Å²) >= 11 is 0. The van der Waals surface area contributed by atoms with Crippen LogP contribution >= 0.6 is 0 Å². The maximum Gasteiger partial charge on any atom is 0.115 e. The minimum absolute atomic E-state index is 0.357. The molecule has 2 aliphatic heterocycles. The highest BCUT2D eigenvalue weighted by Crippen LogP contribution is 2.20. The van der Waals surface area contributed by atoms with Gasteiger partial charge in [0.2, 0.25) is 0 Å². The molecule has 3 nitrogen and oxygen atoms in total. The van der Waals surface area contributed by atoms with Crippen LogP contribution in [-0.4, -0.2) is 24.9 Å². The van der Waals surface area contributed by atoms with Gasteiger partial charge in [-0.05, 0) is 31.7 Å². The first-order valence-corrected chi connectivity index (χ1v) is 6.38. The third-order valence-electron chi connectivity index (χ3n) is 3.24. The Labute approximate surface area is 98.0 Å². The van der Waals surface area contributed by atoms with E-state index in [-0.39, 0.29) is 0 Å². The fraction of sp³-hybridized carbons (Fsp3) is 0.769. The summed E-state index contributed by atoms with van der Waals surface area (Å²) in [6.07, 6.45) is 6.75. The van der Waals surface area contributed by atoms with Crippen molar-refractivity contribution in [1.82, 2.24) is 5.32 Å². The van der Waals surface area contributed by atoms with Crippen molar-refractivity contribution in [3.8, 4) is 0 Å². The molecule has 1 atom stereocenters. The van der Waals surface area contributed by atoms with Gasteiger partial charge in [-0.25, -0.2) is 0 Å². The molecule has 16 heavy (non-hydrogen) atoms. The monoisotopic (exact) mass is 222 g/mol. The largest absolute Gasteiger partial charge is 0.492 e. The van der Waals surface area contributed by atoms with Crippen LogP contribution in [0.3, 0.4) is 0 Å². The van der Waals surface area contributed by atoms with Crippen molar-refractivity contribution in [3.63, 3.8) is 0 Å². The van der Waals surface area contributed by atoms with E-state index in [0.717, 1.165) is 31.7 Å². The van der Waals surface area contributed by atoms with Gasteiger partial charge in [0.1, 0.15) is 11.9 Å². The number of allylic oxidation sites excluding steroid dienone is 1. The van der Waals surface area contributed by atoms with Crippen molar-refractivity contribution in [3.05, 3.63) is 12.0 Å². The van der Waals surface area contributed by atoms with Crippen LogP contribution in [0, 0.1) is 5.92 Å². The number of hydrogen-bond donors (Lipinski definition) is 1. The summed E-state index contributed by atoms with van der Waals surface area (Å²) in [7, 11) is 0. The van der Waals surface area contributed by atoms with Crippen LogP contribution in [0.1, 0.15) is 39.5 Å². The Morgan fingerprint density at radius 2 is 2.31 bits per heavy atom. The van der Waals surface area contributed by atoms with Gasteiger partial charge in [-0.15, -0.1) is 0 Å². The van der Waals surface area contributed by atoms with Crippen molar-refractivity contribution in [2.24, 2.45) is 10.9 Å². The summed E-state index contributed by atoms with van der Waals surface area (Å²) in [6.45, 7) is 6.51. The first-order valence-electron chi connectivity index (χ1n) is 6.38. The van der Waals surface area contributed by atoms with E-state index < -0.39 is 0 Å². The van der Waals surface area contributed by atoms with Crippen molar-refractivity contribution in [2.45, 2.75) is 45.6 Å². The fourth-order valence-electron chi connectivity index (χ4n) is 2.20. The van der Waals surface area contributed by atoms with Gasteiger partial charge in [-0.2, -0.15) is 0 Å². The smallest absolute Gasteiger partial charge is 0.115 e. The summed E-state index contributed by atoms with van der Waals surface area (Å²) in [6, 6.07) is 0. The zero-order valence-electron chi connectivity index (χ0n) is 10.3. The van der Waals surface area contributed by atoms with E-state index >= 15 is 0 Å². The van der Waals surface area contributed by atoms with Crippen LogP contribution in [0.15, 0.2) is 17.0 Å². The van der Waals surface area contributed by atoms with Gasteiger partial charge in [0.15, 0.2) is 0 Å². The van der Waals surface area contributed by atoms with Gasteiger partial charge >= 0.3 is 0 Å². The normalized spacial score (nSPS) is 26.3. The molecule has 1 unspecified atom stereocenters.